The Morgan fingerprint density at radius 1 is 1.28 bits per heavy atom. The highest BCUT2D eigenvalue weighted by atomic mass is 32.1. The molecule has 18 heavy (non-hydrogen) atoms. The first kappa shape index (κ1) is 12.8. The standard InChI is InChI=1S/C12H12FN3S2/c1-7-5-18-6-11(7)16-12(17)15-10-3-2-8(13)4-9(10)14/h2-6H,14H2,1H3,(H2,15,16,17). The maximum atomic E-state index is 12.9. The molecule has 0 fully saturated rings. The second-order valence-electron chi connectivity index (χ2n) is 3.78. The summed E-state index contributed by atoms with van der Waals surface area (Å²) >= 11 is 6.76. The Balaban J connectivity index is 2.05. The molecule has 0 radical (unpaired) electrons. The Hall–Kier alpha value is -1.66. The largest absolute Gasteiger partial charge is 0.397 e. The van der Waals surface area contributed by atoms with E-state index in [0.717, 1.165) is 11.3 Å². The van der Waals surface area contributed by atoms with Crippen molar-refractivity contribution in [2.45, 2.75) is 6.92 Å². The van der Waals surface area contributed by atoms with Gasteiger partial charge in [0.2, 0.25) is 0 Å². The molecule has 0 aliphatic heterocycles. The van der Waals surface area contributed by atoms with Crippen molar-refractivity contribution in [1.82, 2.24) is 0 Å². The minimum atomic E-state index is -0.370. The molecule has 0 amide bonds. The van der Waals surface area contributed by atoms with E-state index >= 15 is 0 Å². The van der Waals surface area contributed by atoms with E-state index in [1.165, 1.54) is 12.1 Å². The normalized spacial score (nSPS) is 10.1. The molecule has 3 nitrogen and oxygen atoms in total. The van der Waals surface area contributed by atoms with E-state index in [1.807, 2.05) is 17.7 Å². The number of nitrogen functional groups attached to an aromatic ring is 1. The van der Waals surface area contributed by atoms with Crippen LogP contribution in [0.5, 0.6) is 0 Å². The van der Waals surface area contributed by atoms with Gasteiger partial charge in [-0.05, 0) is 48.3 Å². The van der Waals surface area contributed by atoms with Gasteiger partial charge in [0, 0.05) is 5.38 Å². The van der Waals surface area contributed by atoms with Gasteiger partial charge in [-0.1, -0.05) is 0 Å². The fraction of sp³-hybridized carbons (Fsp3) is 0.0833. The number of halogens is 1. The first-order valence-corrected chi connectivity index (χ1v) is 6.57. The molecule has 0 unspecified atom stereocenters. The topological polar surface area (TPSA) is 50.1 Å². The lowest BCUT2D eigenvalue weighted by Crippen LogP contribution is -2.19. The molecule has 0 bridgehead atoms. The predicted molar refractivity (Wildman–Crippen MR) is 79.7 cm³/mol. The third-order valence-corrected chi connectivity index (χ3v) is 3.43. The number of anilines is 3. The third-order valence-electron chi connectivity index (χ3n) is 2.37. The molecule has 0 spiro atoms. The summed E-state index contributed by atoms with van der Waals surface area (Å²) in [5, 5.41) is 10.4. The summed E-state index contributed by atoms with van der Waals surface area (Å²) < 4.78 is 12.9. The van der Waals surface area contributed by atoms with Crippen molar-refractivity contribution in [3.05, 3.63) is 40.3 Å². The lowest BCUT2D eigenvalue weighted by molar-refractivity contribution is 0.628. The molecule has 0 atom stereocenters. The van der Waals surface area contributed by atoms with E-state index in [1.54, 1.807) is 17.4 Å². The molecule has 2 rings (SSSR count). The van der Waals surface area contributed by atoms with E-state index in [4.69, 9.17) is 18.0 Å². The highest BCUT2D eigenvalue weighted by molar-refractivity contribution is 7.80. The van der Waals surface area contributed by atoms with Crippen LogP contribution in [-0.2, 0) is 0 Å². The molecule has 2 aromatic rings. The average molecular weight is 281 g/mol. The Bertz CT molecular complexity index is 580. The molecular formula is C12H12FN3S2. The number of rotatable bonds is 2. The van der Waals surface area contributed by atoms with Crippen molar-refractivity contribution in [3.8, 4) is 0 Å². The van der Waals surface area contributed by atoms with Gasteiger partial charge in [-0.15, -0.1) is 11.3 Å². The van der Waals surface area contributed by atoms with Crippen LogP contribution in [0.4, 0.5) is 21.5 Å². The van der Waals surface area contributed by atoms with Crippen LogP contribution < -0.4 is 16.4 Å². The van der Waals surface area contributed by atoms with E-state index in [-0.39, 0.29) is 5.82 Å². The zero-order valence-electron chi connectivity index (χ0n) is 9.66. The highest BCUT2D eigenvalue weighted by Crippen LogP contribution is 2.22. The zero-order chi connectivity index (χ0) is 13.1. The van der Waals surface area contributed by atoms with Gasteiger partial charge in [0.25, 0.3) is 0 Å². The molecule has 6 heteroatoms. The molecule has 94 valence electrons. The molecule has 4 N–H and O–H groups in total. The van der Waals surface area contributed by atoms with Gasteiger partial charge >= 0.3 is 0 Å². The number of thiocarbonyl (C=S) groups is 1. The number of benzene rings is 1. The van der Waals surface area contributed by atoms with Crippen molar-refractivity contribution < 1.29 is 4.39 Å². The van der Waals surface area contributed by atoms with Crippen LogP contribution in [0.1, 0.15) is 5.56 Å². The third kappa shape index (κ3) is 2.96. The van der Waals surface area contributed by atoms with Crippen LogP contribution >= 0.6 is 23.6 Å². The second-order valence-corrected chi connectivity index (χ2v) is 4.93. The van der Waals surface area contributed by atoms with Crippen LogP contribution in [0.2, 0.25) is 0 Å². The lowest BCUT2D eigenvalue weighted by atomic mass is 10.2. The van der Waals surface area contributed by atoms with Gasteiger partial charge in [-0.2, -0.15) is 0 Å². The monoisotopic (exact) mass is 281 g/mol. The fourth-order valence-corrected chi connectivity index (χ4v) is 2.41. The van der Waals surface area contributed by atoms with E-state index in [9.17, 15) is 4.39 Å². The van der Waals surface area contributed by atoms with Crippen molar-refractivity contribution in [1.29, 1.82) is 0 Å². The molecule has 0 aliphatic rings. The molecule has 0 aliphatic carbocycles. The summed E-state index contributed by atoms with van der Waals surface area (Å²) in [4.78, 5) is 0. The van der Waals surface area contributed by atoms with Crippen LogP contribution in [0, 0.1) is 12.7 Å². The Morgan fingerprint density at radius 3 is 2.61 bits per heavy atom. The van der Waals surface area contributed by atoms with Crippen LogP contribution in [0.25, 0.3) is 0 Å². The van der Waals surface area contributed by atoms with Crippen LogP contribution in [0.15, 0.2) is 29.0 Å². The minimum Gasteiger partial charge on any atom is -0.397 e. The SMILES string of the molecule is Cc1cscc1NC(=S)Nc1ccc(F)cc1N. The molecular weight excluding hydrogens is 269 g/mol. The number of nitrogens with one attached hydrogen (secondary N) is 2. The van der Waals surface area contributed by atoms with Crippen LogP contribution in [-0.4, -0.2) is 5.11 Å². The van der Waals surface area contributed by atoms with Crippen molar-refractivity contribution in [3.63, 3.8) is 0 Å². The van der Waals surface area contributed by atoms with Gasteiger partial charge in [0.15, 0.2) is 5.11 Å². The Labute approximate surface area is 114 Å². The average Bonchev–Trinajstić information content (AvgIpc) is 2.69. The van der Waals surface area contributed by atoms with E-state index in [0.29, 0.717) is 16.5 Å². The van der Waals surface area contributed by atoms with Crippen molar-refractivity contribution in [2.75, 3.05) is 16.4 Å². The molecule has 1 aromatic carbocycles. The molecule has 0 saturated carbocycles. The van der Waals surface area contributed by atoms with E-state index < -0.39 is 0 Å². The first-order chi connectivity index (χ1) is 8.56. The molecule has 1 aromatic heterocycles. The Morgan fingerprint density at radius 2 is 2.00 bits per heavy atom. The summed E-state index contributed by atoms with van der Waals surface area (Å²) in [6.45, 7) is 1.99. The summed E-state index contributed by atoms with van der Waals surface area (Å²) in [5.41, 5.74) is 8.67. The van der Waals surface area contributed by atoms with Gasteiger partial charge < -0.3 is 16.4 Å². The minimum absolute atomic E-state index is 0.321. The first-order valence-electron chi connectivity index (χ1n) is 5.22. The predicted octanol–water partition coefficient (Wildman–Crippen LogP) is 3.59. The smallest absolute Gasteiger partial charge is 0.175 e. The lowest BCUT2D eigenvalue weighted by Gasteiger charge is -2.12. The Kier molecular flexibility index (Phi) is 3.78. The number of nitrogens with two attached hydrogens (primary N) is 1. The second kappa shape index (κ2) is 5.32. The van der Waals surface area contributed by atoms with Crippen molar-refractivity contribution in [2.24, 2.45) is 0 Å². The molecule has 0 saturated heterocycles. The van der Waals surface area contributed by atoms with E-state index in [2.05, 4.69) is 10.6 Å². The zero-order valence-corrected chi connectivity index (χ0v) is 11.3. The highest BCUT2D eigenvalue weighted by Gasteiger charge is 2.05. The number of aryl methyl sites for hydroxylation is 1. The summed E-state index contributed by atoms with van der Waals surface area (Å²) in [7, 11) is 0. The maximum absolute atomic E-state index is 12.9. The van der Waals surface area contributed by atoms with Gasteiger partial charge in [-0.3, -0.25) is 0 Å². The molecule has 1 heterocycles. The van der Waals surface area contributed by atoms with Gasteiger partial charge in [0.05, 0.1) is 17.1 Å². The quantitative estimate of drug-likeness (QED) is 0.581. The van der Waals surface area contributed by atoms with Crippen molar-refractivity contribution >= 4 is 45.7 Å². The number of thiophene rings is 1. The maximum Gasteiger partial charge on any atom is 0.175 e. The summed E-state index contributed by atoms with van der Waals surface area (Å²) in [5.74, 6) is -0.370. The fourth-order valence-electron chi connectivity index (χ4n) is 1.41. The van der Waals surface area contributed by atoms with Gasteiger partial charge in [0.1, 0.15) is 5.82 Å². The summed E-state index contributed by atoms with van der Waals surface area (Å²) in [6.07, 6.45) is 0. The van der Waals surface area contributed by atoms with Gasteiger partial charge in [-0.25, -0.2) is 4.39 Å². The van der Waals surface area contributed by atoms with Crippen LogP contribution in [0.3, 0.4) is 0 Å². The summed E-state index contributed by atoms with van der Waals surface area (Å²) in [6, 6.07) is 4.14. The number of hydrogen-bond acceptors (Lipinski definition) is 3. The number of hydrogen-bond donors (Lipinski definition) is 3.